The maximum Gasteiger partial charge on any atom is 0.223 e. The molecule has 0 aliphatic carbocycles. The molecule has 0 saturated carbocycles. The number of piperidine rings is 1. The summed E-state index contributed by atoms with van der Waals surface area (Å²) in [7, 11) is 1.54. The Hall–Kier alpha value is -0.950. The Bertz CT molecular complexity index is 315. The van der Waals surface area contributed by atoms with Crippen molar-refractivity contribution in [3.05, 3.63) is 0 Å². The number of likely N-dealkylation sites (tertiary alicyclic amines) is 1. The number of rotatable bonds is 5. The summed E-state index contributed by atoms with van der Waals surface area (Å²) in [6.45, 7) is 1.16. The zero-order valence-corrected chi connectivity index (χ0v) is 11.7. The summed E-state index contributed by atoms with van der Waals surface area (Å²) in [5, 5.41) is 11.8. The standard InChI is InChI=1S/C11H21N3O3S/c1-17-11(10(12)13-16)4-6-14(7-5-11)9(15)3-8-18-2/h16H,3-8H2,1-2H3,(H2,12,13). The Labute approximate surface area is 112 Å². The summed E-state index contributed by atoms with van der Waals surface area (Å²) in [4.78, 5) is 13.7. The Balaban J connectivity index is 2.56. The molecule has 0 unspecified atom stereocenters. The van der Waals surface area contributed by atoms with Gasteiger partial charge in [-0.15, -0.1) is 0 Å². The van der Waals surface area contributed by atoms with Gasteiger partial charge < -0.3 is 20.6 Å². The molecular formula is C11H21N3O3S. The topological polar surface area (TPSA) is 88.2 Å². The van der Waals surface area contributed by atoms with Crippen molar-refractivity contribution in [1.29, 1.82) is 0 Å². The van der Waals surface area contributed by atoms with Gasteiger partial charge in [-0.1, -0.05) is 5.16 Å². The quantitative estimate of drug-likeness (QED) is 0.330. The van der Waals surface area contributed by atoms with Crippen molar-refractivity contribution < 1.29 is 14.7 Å². The molecule has 0 bridgehead atoms. The number of ether oxygens (including phenoxy) is 1. The molecule has 0 radical (unpaired) electrons. The molecule has 18 heavy (non-hydrogen) atoms. The molecule has 0 aromatic heterocycles. The van der Waals surface area contributed by atoms with Crippen LogP contribution in [0.2, 0.25) is 0 Å². The number of carbonyl (C=O) groups excluding carboxylic acids is 1. The molecule has 1 aliphatic rings. The van der Waals surface area contributed by atoms with Gasteiger partial charge in [-0.25, -0.2) is 0 Å². The number of amidine groups is 1. The van der Waals surface area contributed by atoms with Crippen molar-refractivity contribution in [1.82, 2.24) is 4.90 Å². The average Bonchev–Trinajstić information content (AvgIpc) is 2.43. The maximum absolute atomic E-state index is 11.9. The van der Waals surface area contributed by atoms with E-state index in [-0.39, 0.29) is 11.7 Å². The Morgan fingerprint density at radius 1 is 1.56 bits per heavy atom. The van der Waals surface area contributed by atoms with Crippen LogP contribution >= 0.6 is 11.8 Å². The molecule has 1 saturated heterocycles. The van der Waals surface area contributed by atoms with Crippen LogP contribution < -0.4 is 5.73 Å². The lowest BCUT2D eigenvalue weighted by atomic mass is 9.90. The first-order valence-corrected chi connectivity index (χ1v) is 7.29. The van der Waals surface area contributed by atoms with Crippen molar-refractivity contribution in [2.75, 3.05) is 32.2 Å². The average molecular weight is 275 g/mol. The summed E-state index contributed by atoms with van der Waals surface area (Å²) in [6, 6.07) is 0. The van der Waals surface area contributed by atoms with Crippen molar-refractivity contribution in [3.8, 4) is 0 Å². The highest BCUT2D eigenvalue weighted by molar-refractivity contribution is 7.98. The van der Waals surface area contributed by atoms with Crippen LogP contribution in [0.4, 0.5) is 0 Å². The van der Waals surface area contributed by atoms with E-state index in [1.165, 1.54) is 0 Å². The van der Waals surface area contributed by atoms with E-state index in [1.807, 2.05) is 11.2 Å². The van der Waals surface area contributed by atoms with Crippen LogP contribution in [0.25, 0.3) is 0 Å². The van der Waals surface area contributed by atoms with Gasteiger partial charge in [0.2, 0.25) is 5.91 Å². The Morgan fingerprint density at radius 3 is 2.61 bits per heavy atom. The molecule has 1 amide bonds. The summed E-state index contributed by atoms with van der Waals surface area (Å²) >= 11 is 1.66. The van der Waals surface area contributed by atoms with Crippen molar-refractivity contribution >= 4 is 23.5 Å². The van der Waals surface area contributed by atoms with Crippen LogP contribution in [-0.2, 0) is 9.53 Å². The lowest BCUT2D eigenvalue weighted by Crippen LogP contribution is -2.54. The number of hydrogen-bond donors (Lipinski definition) is 2. The van der Waals surface area contributed by atoms with Crippen LogP contribution in [0, 0.1) is 0 Å². The van der Waals surface area contributed by atoms with Crippen LogP contribution in [-0.4, -0.2) is 59.7 Å². The van der Waals surface area contributed by atoms with E-state index < -0.39 is 5.60 Å². The number of hydrogen-bond acceptors (Lipinski definition) is 5. The first kappa shape index (κ1) is 15.1. The highest BCUT2D eigenvalue weighted by Crippen LogP contribution is 2.26. The number of amides is 1. The van der Waals surface area contributed by atoms with Gasteiger partial charge in [0.05, 0.1) is 0 Å². The first-order valence-electron chi connectivity index (χ1n) is 5.89. The van der Waals surface area contributed by atoms with Crippen LogP contribution in [0.5, 0.6) is 0 Å². The Kier molecular flexibility index (Phi) is 5.74. The molecule has 0 aromatic rings. The third-order valence-electron chi connectivity index (χ3n) is 3.41. The van der Waals surface area contributed by atoms with Crippen LogP contribution in [0.3, 0.4) is 0 Å². The van der Waals surface area contributed by atoms with Crippen LogP contribution in [0.15, 0.2) is 5.16 Å². The second kappa shape index (κ2) is 6.84. The zero-order valence-electron chi connectivity index (χ0n) is 10.9. The third-order valence-corrected chi connectivity index (χ3v) is 4.02. The number of nitrogens with zero attached hydrogens (tertiary/aromatic N) is 2. The predicted molar refractivity (Wildman–Crippen MR) is 72.0 cm³/mol. The second-order valence-corrected chi connectivity index (χ2v) is 5.29. The van der Waals surface area contributed by atoms with Gasteiger partial charge in [0.25, 0.3) is 0 Å². The van der Waals surface area contributed by atoms with E-state index in [9.17, 15) is 4.79 Å². The summed E-state index contributed by atoms with van der Waals surface area (Å²) < 4.78 is 5.38. The fourth-order valence-electron chi connectivity index (χ4n) is 2.12. The SMILES string of the molecule is COC1(C(N)=NO)CCN(C(=O)CCSC)CC1. The molecule has 0 atom stereocenters. The van der Waals surface area contributed by atoms with E-state index in [0.717, 1.165) is 5.75 Å². The molecule has 3 N–H and O–H groups in total. The number of methoxy groups -OCH3 is 1. The number of nitrogens with two attached hydrogens (primary N) is 1. The highest BCUT2D eigenvalue weighted by Gasteiger charge is 2.39. The molecule has 1 heterocycles. The normalized spacial score (nSPS) is 19.9. The third kappa shape index (κ3) is 3.29. The van der Waals surface area contributed by atoms with E-state index in [1.54, 1.807) is 18.9 Å². The van der Waals surface area contributed by atoms with Crippen molar-refractivity contribution in [2.45, 2.75) is 24.9 Å². The molecule has 1 rings (SSSR count). The maximum atomic E-state index is 11.9. The molecule has 1 aliphatic heterocycles. The predicted octanol–water partition coefficient (Wildman–Crippen LogP) is 0.494. The Morgan fingerprint density at radius 2 is 2.17 bits per heavy atom. The molecule has 6 nitrogen and oxygen atoms in total. The minimum atomic E-state index is -0.731. The molecule has 1 fully saturated rings. The number of oxime groups is 1. The van der Waals surface area contributed by atoms with Crippen LogP contribution in [0.1, 0.15) is 19.3 Å². The fourth-order valence-corrected chi connectivity index (χ4v) is 2.50. The minimum absolute atomic E-state index is 0.0845. The van der Waals surface area contributed by atoms with Gasteiger partial charge in [-0.3, -0.25) is 4.79 Å². The second-order valence-electron chi connectivity index (χ2n) is 4.31. The molecule has 7 heteroatoms. The van der Waals surface area contributed by atoms with Gasteiger partial charge in [0.1, 0.15) is 5.60 Å². The van der Waals surface area contributed by atoms with E-state index >= 15 is 0 Å². The van der Waals surface area contributed by atoms with Gasteiger partial charge in [-0.05, 0) is 6.26 Å². The molecule has 0 aromatic carbocycles. The van der Waals surface area contributed by atoms with Crippen molar-refractivity contribution in [3.63, 3.8) is 0 Å². The lowest BCUT2D eigenvalue weighted by molar-refractivity contribution is -0.134. The molecule has 0 spiro atoms. The smallest absolute Gasteiger partial charge is 0.223 e. The van der Waals surface area contributed by atoms with Gasteiger partial charge >= 0.3 is 0 Å². The van der Waals surface area contributed by atoms with E-state index in [2.05, 4.69) is 5.16 Å². The number of carbonyl (C=O) groups is 1. The van der Waals surface area contributed by atoms with Gasteiger partial charge in [0, 0.05) is 45.2 Å². The van der Waals surface area contributed by atoms with E-state index in [4.69, 9.17) is 15.7 Å². The van der Waals surface area contributed by atoms with Gasteiger partial charge in [0.15, 0.2) is 5.84 Å². The fraction of sp³-hybridized carbons (Fsp3) is 0.818. The largest absolute Gasteiger partial charge is 0.409 e. The molecule has 104 valence electrons. The number of thioether (sulfide) groups is 1. The lowest BCUT2D eigenvalue weighted by Gasteiger charge is -2.39. The zero-order chi connectivity index (χ0) is 13.6. The highest BCUT2D eigenvalue weighted by atomic mass is 32.2. The minimum Gasteiger partial charge on any atom is -0.409 e. The van der Waals surface area contributed by atoms with Gasteiger partial charge in [-0.2, -0.15) is 11.8 Å². The summed E-state index contributed by atoms with van der Waals surface area (Å²) in [6.07, 6.45) is 3.66. The molecular weight excluding hydrogens is 254 g/mol. The summed E-state index contributed by atoms with van der Waals surface area (Å²) in [5.41, 5.74) is 4.93. The first-order chi connectivity index (χ1) is 8.59. The van der Waals surface area contributed by atoms with E-state index in [0.29, 0.717) is 32.4 Å². The monoisotopic (exact) mass is 275 g/mol. The van der Waals surface area contributed by atoms with Crippen molar-refractivity contribution in [2.24, 2.45) is 10.9 Å². The summed E-state index contributed by atoms with van der Waals surface area (Å²) in [5.74, 6) is 1.08.